The Labute approximate surface area is 151 Å². The maximum atomic E-state index is 12.9. The second-order valence-corrected chi connectivity index (χ2v) is 6.48. The van der Waals surface area contributed by atoms with E-state index < -0.39 is 0 Å². The van der Waals surface area contributed by atoms with Gasteiger partial charge in [-0.15, -0.1) is 0 Å². The van der Waals surface area contributed by atoms with E-state index >= 15 is 0 Å². The summed E-state index contributed by atoms with van der Waals surface area (Å²) in [5, 5.41) is 0. The average molecular weight is 349 g/mol. The summed E-state index contributed by atoms with van der Waals surface area (Å²) in [4.78, 5) is 14.8. The van der Waals surface area contributed by atoms with Crippen LogP contribution in [0.2, 0.25) is 0 Å². The summed E-state index contributed by atoms with van der Waals surface area (Å²) in [6.45, 7) is 7.60. The lowest BCUT2D eigenvalue weighted by Crippen LogP contribution is -2.38. The van der Waals surface area contributed by atoms with Gasteiger partial charge in [0.1, 0.15) is 0 Å². The minimum absolute atomic E-state index is 0.0920. The Morgan fingerprint density at radius 1 is 1.20 bits per heavy atom. The molecule has 5 heteroatoms. The maximum absolute atomic E-state index is 12.9. The standard InChI is InChI=1S/C20H31NO4/c1-4-10-21(20(22)17-8-12-24-13-9-17)15-16-6-7-18(25-11-5-2)19(14-16)23-3/h6-7,14,17H,4-5,8-13,15H2,1-3H3. The van der Waals surface area contributed by atoms with Crippen molar-refractivity contribution in [3.05, 3.63) is 23.8 Å². The van der Waals surface area contributed by atoms with Crippen LogP contribution in [-0.4, -0.2) is 44.3 Å². The predicted molar refractivity (Wildman–Crippen MR) is 98.0 cm³/mol. The molecule has 1 fully saturated rings. The molecule has 1 heterocycles. The number of hydrogen-bond acceptors (Lipinski definition) is 4. The summed E-state index contributed by atoms with van der Waals surface area (Å²) in [5.41, 5.74) is 1.06. The molecule has 5 nitrogen and oxygen atoms in total. The van der Waals surface area contributed by atoms with Gasteiger partial charge in [0.05, 0.1) is 13.7 Å². The predicted octanol–water partition coefficient (Wildman–Crippen LogP) is 3.65. The first-order valence-corrected chi connectivity index (χ1v) is 9.35. The molecule has 0 saturated carbocycles. The smallest absolute Gasteiger partial charge is 0.226 e. The number of ether oxygens (including phenoxy) is 3. The lowest BCUT2D eigenvalue weighted by atomic mass is 9.98. The molecule has 0 N–H and O–H groups in total. The Bertz CT molecular complexity index is 540. The number of methoxy groups -OCH3 is 1. The van der Waals surface area contributed by atoms with E-state index in [9.17, 15) is 4.79 Å². The van der Waals surface area contributed by atoms with Crippen LogP contribution < -0.4 is 9.47 Å². The molecule has 1 saturated heterocycles. The highest BCUT2D eigenvalue weighted by atomic mass is 16.5. The van der Waals surface area contributed by atoms with Crippen LogP contribution in [0.4, 0.5) is 0 Å². The fraction of sp³-hybridized carbons (Fsp3) is 0.650. The number of benzene rings is 1. The first-order valence-electron chi connectivity index (χ1n) is 9.35. The van der Waals surface area contributed by atoms with Crippen LogP contribution in [0, 0.1) is 5.92 Å². The monoisotopic (exact) mass is 349 g/mol. The quantitative estimate of drug-likeness (QED) is 0.683. The molecule has 0 aromatic heterocycles. The molecule has 0 aliphatic carbocycles. The molecule has 0 radical (unpaired) electrons. The van der Waals surface area contributed by atoms with Gasteiger partial charge in [-0.25, -0.2) is 0 Å². The number of amides is 1. The van der Waals surface area contributed by atoms with E-state index in [1.54, 1.807) is 7.11 Å². The van der Waals surface area contributed by atoms with E-state index in [1.807, 2.05) is 23.1 Å². The van der Waals surface area contributed by atoms with Gasteiger partial charge >= 0.3 is 0 Å². The third-order valence-corrected chi connectivity index (χ3v) is 4.44. The molecular formula is C20H31NO4. The highest BCUT2D eigenvalue weighted by molar-refractivity contribution is 5.79. The fourth-order valence-electron chi connectivity index (χ4n) is 3.10. The summed E-state index contributed by atoms with van der Waals surface area (Å²) in [6.07, 6.45) is 3.55. The van der Waals surface area contributed by atoms with Crippen LogP contribution in [0.25, 0.3) is 0 Å². The highest BCUT2D eigenvalue weighted by Gasteiger charge is 2.26. The topological polar surface area (TPSA) is 48.0 Å². The van der Waals surface area contributed by atoms with E-state index in [0.717, 1.165) is 49.3 Å². The van der Waals surface area contributed by atoms with Gasteiger partial charge in [-0.05, 0) is 43.4 Å². The zero-order valence-electron chi connectivity index (χ0n) is 15.8. The summed E-state index contributed by atoms with van der Waals surface area (Å²) in [6, 6.07) is 5.94. The van der Waals surface area contributed by atoms with Gasteiger partial charge in [0.15, 0.2) is 11.5 Å². The van der Waals surface area contributed by atoms with Crippen molar-refractivity contribution in [3.63, 3.8) is 0 Å². The molecule has 0 atom stereocenters. The minimum Gasteiger partial charge on any atom is -0.493 e. The van der Waals surface area contributed by atoms with E-state index in [4.69, 9.17) is 14.2 Å². The molecule has 1 aromatic carbocycles. The van der Waals surface area contributed by atoms with Crippen LogP contribution in [0.5, 0.6) is 11.5 Å². The highest BCUT2D eigenvalue weighted by Crippen LogP contribution is 2.29. The first-order chi connectivity index (χ1) is 12.2. The maximum Gasteiger partial charge on any atom is 0.226 e. The molecule has 0 unspecified atom stereocenters. The van der Waals surface area contributed by atoms with Gasteiger partial charge in [0.2, 0.25) is 5.91 Å². The van der Waals surface area contributed by atoms with Crippen molar-refractivity contribution in [2.24, 2.45) is 5.92 Å². The van der Waals surface area contributed by atoms with Crippen molar-refractivity contribution in [1.82, 2.24) is 4.90 Å². The van der Waals surface area contributed by atoms with Crippen molar-refractivity contribution in [2.75, 3.05) is 33.5 Å². The Morgan fingerprint density at radius 2 is 1.96 bits per heavy atom. The van der Waals surface area contributed by atoms with Gasteiger partial charge < -0.3 is 19.1 Å². The van der Waals surface area contributed by atoms with Gasteiger partial charge in [0.25, 0.3) is 0 Å². The Balaban J connectivity index is 2.08. The number of rotatable bonds is 9. The SMILES string of the molecule is CCCOc1ccc(CN(CCC)C(=O)C2CCOCC2)cc1OC. The Morgan fingerprint density at radius 3 is 2.60 bits per heavy atom. The van der Waals surface area contributed by atoms with Crippen LogP contribution in [0.1, 0.15) is 45.1 Å². The van der Waals surface area contributed by atoms with E-state index in [-0.39, 0.29) is 11.8 Å². The third-order valence-electron chi connectivity index (χ3n) is 4.44. The molecule has 1 amide bonds. The first kappa shape index (κ1) is 19.6. The number of hydrogen-bond donors (Lipinski definition) is 0. The normalized spacial score (nSPS) is 15.0. The number of nitrogens with zero attached hydrogens (tertiary/aromatic N) is 1. The Hall–Kier alpha value is -1.75. The van der Waals surface area contributed by atoms with Gasteiger partial charge in [-0.2, -0.15) is 0 Å². The van der Waals surface area contributed by atoms with Crippen molar-refractivity contribution in [3.8, 4) is 11.5 Å². The lowest BCUT2D eigenvalue weighted by Gasteiger charge is -2.29. The molecule has 1 aliphatic heterocycles. The molecule has 1 aliphatic rings. The van der Waals surface area contributed by atoms with E-state index in [1.165, 1.54) is 0 Å². The molecule has 2 rings (SSSR count). The van der Waals surface area contributed by atoms with E-state index in [0.29, 0.717) is 26.4 Å². The largest absolute Gasteiger partial charge is 0.493 e. The molecule has 140 valence electrons. The molecule has 0 spiro atoms. The Kier molecular flexibility index (Phi) is 8.06. The molecular weight excluding hydrogens is 318 g/mol. The molecule has 0 bridgehead atoms. The van der Waals surface area contributed by atoms with Crippen LogP contribution in [0.15, 0.2) is 18.2 Å². The van der Waals surface area contributed by atoms with Crippen molar-refractivity contribution in [1.29, 1.82) is 0 Å². The van der Waals surface area contributed by atoms with Crippen LogP contribution >= 0.6 is 0 Å². The molecule has 25 heavy (non-hydrogen) atoms. The summed E-state index contributed by atoms with van der Waals surface area (Å²) in [7, 11) is 1.65. The van der Waals surface area contributed by atoms with Gasteiger partial charge in [-0.1, -0.05) is 19.9 Å². The second kappa shape index (κ2) is 10.3. The van der Waals surface area contributed by atoms with E-state index in [2.05, 4.69) is 13.8 Å². The fourth-order valence-corrected chi connectivity index (χ4v) is 3.10. The van der Waals surface area contributed by atoms with Crippen molar-refractivity contribution in [2.45, 2.75) is 46.1 Å². The van der Waals surface area contributed by atoms with Crippen LogP contribution in [0.3, 0.4) is 0 Å². The van der Waals surface area contributed by atoms with Crippen molar-refractivity contribution < 1.29 is 19.0 Å². The minimum atomic E-state index is 0.0920. The van der Waals surface area contributed by atoms with Crippen molar-refractivity contribution >= 4 is 5.91 Å². The average Bonchev–Trinajstić information content (AvgIpc) is 2.66. The molecule has 1 aromatic rings. The van der Waals surface area contributed by atoms with Crippen LogP contribution in [-0.2, 0) is 16.1 Å². The summed E-state index contributed by atoms with van der Waals surface area (Å²) >= 11 is 0. The van der Waals surface area contributed by atoms with Gasteiger partial charge in [-0.3, -0.25) is 4.79 Å². The number of carbonyl (C=O) groups is 1. The number of carbonyl (C=O) groups excluding carboxylic acids is 1. The summed E-state index contributed by atoms with van der Waals surface area (Å²) in [5.74, 6) is 1.82. The van der Waals surface area contributed by atoms with Gasteiger partial charge in [0, 0.05) is 32.2 Å². The zero-order valence-corrected chi connectivity index (χ0v) is 15.8. The lowest BCUT2D eigenvalue weighted by molar-refractivity contribution is -0.139. The third kappa shape index (κ3) is 5.63. The zero-order chi connectivity index (χ0) is 18.1. The summed E-state index contributed by atoms with van der Waals surface area (Å²) < 4.78 is 16.5. The second-order valence-electron chi connectivity index (χ2n) is 6.48.